The molecular formula is C18H23N3O3. The van der Waals surface area contributed by atoms with Crippen molar-refractivity contribution in [2.45, 2.75) is 13.0 Å². The topological polar surface area (TPSA) is 56.7 Å². The Kier molecular flexibility index (Phi) is 5.27. The number of morpholine rings is 1. The lowest BCUT2D eigenvalue weighted by atomic mass is 10.0. The van der Waals surface area contributed by atoms with Crippen LogP contribution in [0.5, 0.6) is 11.9 Å². The van der Waals surface area contributed by atoms with Gasteiger partial charge in [0.15, 0.2) is 0 Å². The lowest BCUT2D eigenvalue weighted by molar-refractivity contribution is 0.0198. The first-order valence-corrected chi connectivity index (χ1v) is 8.10. The summed E-state index contributed by atoms with van der Waals surface area (Å²) in [5.74, 6) is 0.510. The number of hydrogen-bond acceptors (Lipinski definition) is 6. The van der Waals surface area contributed by atoms with Crippen molar-refractivity contribution in [1.82, 2.24) is 14.9 Å². The van der Waals surface area contributed by atoms with Crippen molar-refractivity contribution in [2.75, 3.05) is 40.5 Å². The average Bonchev–Trinajstić information content (AvgIpc) is 2.67. The van der Waals surface area contributed by atoms with E-state index in [2.05, 4.69) is 46.1 Å². The van der Waals surface area contributed by atoms with E-state index in [1.54, 1.807) is 13.3 Å². The molecule has 6 nitrogen and oxygen atoms in total. The Labute approximate surface area is 142 Å². The maximum Gasteiger partial charge on any atom is 0.319 e. The van der Waals surface area contributed by atoms with E-state index in [4.69, 9.17) is 14.2 Å². The second kappa shape index (κ2) is 7.59. The SMILES string of the molecule is COc1ncc(-c2ccc(C(C)N3CCOCC3)cc2)c(OC)n1. The van der Waals surface area contributed by atoms with Crippen LogP contribution in [0.2, 0.25) is 0 Å². The molecule has 2 heterocycles. The first-order chi connectivity index (χ1) is 11.7. The minimum Gasteiger partial charge on any atom is -0.480 e. The number of methoxy groups -OCH3 is 2. The molecule has 2 aromatic rings. The van der Waals surface area contributed by atoms with Crippen LogP contribution in [0.3, 0.4) is 0 Å². The maximum atomic E-state index is 5.43. The van der Waals surface area contributed by atoms with Crippen LogP contribution in [-0.2, 0) is 4.74 Å². The number of rotatable bonds is 5. The molecule has 6 heteroatoms. The summed E-state index contributed by atoms with van der Waals surface area (Å²) in [5.41, 5.74) is 3.16. The van der Waals surface area contributed by atoms with E-state index >= 15 is 0 Å². The van der Waals surface area contributed by atoms with Crippen molar-refractivity contribution in [1.29, 1.82) is 0 Å². The molecule has 0 N–H and O–H groups in total. The number of hydrogen-bond donors (Lipinski definition) is 0. The zero-order valence-electron chi connectivity index (χ0n) is 14.4. The monoisotopic (exact) mass is 329 g/mol. The molecule has 1 unspecified atom stereocenters. The largest absolute Gasteiger partial charge is 0.480 e. The fourth-order valence-corrected chi connectivity index (χ4v) is 2.92. The molecule has 1 aliphatic heterocycles. The number of ether oxygens (including phenoxy) is 3. The van der Waals surface area contributed by atoms with E-state index in [-0.39, 0.29) is 0 Å². The van der Waals surface area contributed by atoms with Crippen molar-refractivity contribution >= 4 is 0 Å². The van der Waals surface area contributed by atoms with Crippen LogP contribution in [0.1, 0.15) is 18.5 Å². The highest BCUT2D eigenvalue weighted by Crippen LogP contribution is 2.30. The van der Waals surface area contributed by atoms with E-state index in [9.17, 15) is 0 Å². The molecule has 0 aliphatic carbocycles. The van der Waals surface area contributed by atoms with Crippen LogP contribution in [0.15, 0.2) is 30.5 Å². The lowest BCUT2D eigenvalue weighted by Gasteiger charge is -2.32. The predicted molar refractivity (Wildman–Crippen MR) is 91.4 cm³/mol. The van der Waals surface area contributed by atoms with Crippen molar-refractivity contribution in [3.05, 3.63) is 36.0 Å². The summed E-state index contributed by atoms with van der Waals surface area (Å²) in [6, 6.07) is 9.14. The van der Waals surface area contributed by atoms with Gasteiger partial charge in [0, 0.05) is 25.3 Å². The molecule has 0 amide bonds. The Morgan fingerprint density at radius 3 is 2.42 bits per heavy atom. The van der Waals surface area contributed by atoms with Crippen LogP contribution in [0.4, 0.5) is 0 Å². The lowest BCUT2D eigenvalue weighted by Crippen LogP contribution is -2.37. The summed E-state index contributed by atoms with van der Waals surface area (Å²) in [7, 11) is 3.14. The molecule has 0 radical (unpaired) electrons. The van der Waals surface area contributed by atoms with Gasteiger partial charge in [-0.25, -0.2) is 4.98 Å². The standard InChI is InChI=1S/C18H23N3O3/c1-13(21-8-10-24-11-9-21)14-4-6-15(7-5-14)16-12-19-18(23-3)20-17(16)22-2/h4-7,12-13H,8-11H2,1-3H3. The Morgan fingerprint density at radius 2 is 1.79 bits per heavy atom. The van der Waals surface area contributed by atoms with Crippen molar-refractivity contribution in [3.8, 4) is 23.0 Å². The highest BCUT2D eigenvalue weighted by atomic mass is 16.5. The van der Waals surface area contributed by atoms with Gasteiger partial charge in [-0.3, -0.25) is 4.90 Å². The third-order valence-corrected chi connectivity index (χ3v) is 4.41. The van der Waals surface area contributed by atoms with Gasteiger partial charge in [-0.1, -0.05) is 24.3 Å². The quantitative estimate of drug-likeness (QED) is 0.840. The molecular weight excluding hydrogens is 306 g/mol. The van der Waals surface area contributed by atoms with Crippen LogP contribution < -0.4 is 9.47 Å². The van der Waals surface area contributed by atoms with E-state index < -0.39 is 0 Å². The molecule has 128 valence electrons. The minimum atomic E-state index is 0.299. The van der Waals surface area contributed by atoms with Gasteiger partial charge >= 0.3 is 6.01 Å². The van der Waals surface area contributed by atoms with Gasteiger partial charge in [0.25, 0.3) is 0 Å². The molecule has 0 bridgehead atoms. The number of benzene rings is 1. The zero-order valence-corrected chi connectivity index (χ0v) is 14.4. The van der Waals surface area contributed by atoms with Gasteiger partial charge in [0.2, 0.25) is 5.88 Å². The van der Waals surface area contributed by atoms with Gasteiger partial charge < -0.3 is 14.2 Å². The third-order valence-electron chi connectivity index (χ3n) is 4.41. The van der Waals surface area contributed by atoms with Gasteiger partial charge in [-0.2, -0.15) is 4.98 Å². The molecule has 0 saturated carbocycles. The average molecular weight is 329 g/mol. The third kappa shape index (κ3) is 3.49. The molecule has 1 aromatic carbocycles. The second-order valence-corrected chi connectivity index (χ2v) is 5.73. The smallest absolute Gasteiger partial charge is 0.319 e. The predicted octanol–water partition coefficient (Wildman–Crippen LogP) is 2.55. The van der Waals surface area contributed by atoms with E-state index in [1.165, 1.54) is 12.7 Å². The molecule has 1 aromatic heterocycles. The first kappa shape index (κ1) is 16.7. The molecule has 1 saturated heterocycles. The molecule has 3 rings (SSSR count). The fourth-order valence-electron chi connectivity index (χ4n) is 2.92. The molecule has 24 heavy (non-hydrogen) atoms. The molecule has 1 fully saturated rings. The van der Waals surface area contributed by atoms with E-state index in [1.807, 2.05) is 0 Å². The normalized spacial score (nSPS) is 16.6. The highest BCUT2D eigenvalue weighted by molar-refractivity contribution is 5.68. The Balaban J connectivity index is 1.81. The van der Waals surface area contributed by atoms with Gasteiger partial charge in [0.1, 0.15) is 0 Å². The van der Waals surface area contributed by atoms with E-state index in [0.29, 0.717) is 17.9 Å². The summed E-state index contributed by atoms with van der Waals surface area (Å²) in [6.07, 6.45) is 1.73. The fraction of sp³-hybridized carbons (Fsp3) is 0.444. The van der Waals surface area contributed by atoms with Crippen LogP contribution >= 0.6 is 0 Å². The molecule has 1 aliphatic rings. The van der Waals surface area contributed by atoms with Crippen molar-refractivity contribution < 1.29 is 14.2 Å². The summed E-state index contributed by atoms with van der Waals surface area (Å²) in [4.78, 5) is 10.9. The van der Waals surface area contributed by atoms with Crippen LogP contribution in [-0.4, -0.2) is 55.4 Å². The van der Waals surface area contributed by atoms with Crippen molar-refractivity contribution in [2.24, 2.45) is 0 Å². The highest BCUT2D eigenvalue weighted by Gasteiger charge is 2.18. The molecule has 0 spiro atoms. The van der Waals surface area contributed by atoms with Crippen molar-refractivity contribution in [3.63, 3.8) is 0 Å². The first-order valence-electron chi connectivity index (χ1n) is 8.10. The van der Waals surface area contributed by atoms with Crippen LogP contribution in [0, 0.1) is 0 Å². The van der Waals surface area contributed by atoms with Gasteiger partial charge in [-0.15, -0.1) is 0 Å². The Bertz CT molecular complexity index is 670. The number of nitrogens with zero attached hydrogens (tertiary/aromatic N) is 3. The second-order valence-electron chi connectivity index (χ2n) is 5.73. The summed E-state index contributed by atoms with van der Waals surface area (Å²) in [6.45, 7) is 5.80. The number of aromatic nitrogens is 2. The summed E-state index contributed by atoms with van der Waals surface area (Å²) in [5, 5.41) is 0. The minimum absolute atomic E-state index is 0.299. The van der Waals surface area contributed by atoms with Gasteiger partial charge in [-0.05, 0) is 18.1 Å². The zero-order chi connectivity index (χ0) is 16.9. The maximum absolute atomic E-state index is 5.43. The van der Waals surface area contributed by atoms with E-state index in [0.717, 1.165) is 37.4 Å². The Hall–Kier alpha value is -2.18. The molecule has 1 atom stereocenters. The van der Waals surface area contributed by atoms with Crippen LogP contribution in [0.25, 0.3) is 11.1 Å². The van der Waals surface area contributed by atoms with Gasteiger partial charge in [0.05, 0.1) is 33.0 Å². The Morgan fingerprint density at radius 1 is 1.08 bits per heavy atom. The summed E-state index contributed by atoms with van der Waals surface area (Å²) >= 11 is 0. The summed E-state index contributed by atoms with van der Waals surface area (Å²) < 4.78 is 15.8.